The number of aliphatic hydroxyl groups excluding tert-OH is 1. The highest BCUT2D eigenvalue weighted by molar-refractivity contribution is 5.99. The van der Waals surface area contributed by atoms with Crippen molar-refractivity contribution in [1.82, 2.24) is 47.9 Å². The molecule has 10 atom stereocenters. The molecule has 70 heavy (non-hydrogen) atoms. The number of hydrogen-bond acceptors (Lipinski definition) is 13. The predicted molar refractivity (Wildman–Crippen MR) is 250 cm³/mol. The third-order valence-corrected chi connectivity index (χ3v) is 11.7. The average molecular weight is 997 g/mol. The summed E-state index contributed by atoms with van der Waals surface area (Å²) in [7, 11) is 0. The molecule has 0 aliphatic heterocycles. The average Bonchev–Trinajstić information content (AvgIpc) is 3.26. The van der Waals surface area contributed by atoms with Crippen LogP contribution in [0.4, 0.5) is 0 Å². The zero-order chi connectivity index (χ0) is 53.6. The molecule has 10 amide bonds. The number of primary amides is 1. The molecule has 1 fully saturated rings. The fourth-order valence-electron chi connectivity index (χ4n) is 7.58. The molecule has 0 aromatic heterocycles. The number of nitrogens with two attached hydrogens (primary N) is 1. The fraction of sp³-hybridized carbons (Fsp3) is 0.733. The SMILES string of the molecule is CC[C@@H](C)[C@H](NC(=O)[C@@H](NC(=O)[C@@H](NC(=O)CNC(=O)[C@H](C)NC(=O)[C@H](CC1CCCCC1)NC(C)=O)[C@@H](C)O)C(C)C)C(=O)N[C@@H](CC(N)=O)C(=O)N[C@@H](CC(=O)O)C(=O)N[C@@H](CC(C)C)C(=O)O. The van der Waals surface area contributed by atoms with Gasteiger partial charge in [-0.3, -0.25) is 52.7 Å². The zero-order valence-corrected chi connectivity index (χ0v) is 41.6. The van der Waals surface area contributed by atoms with Crippen LogP contribution in [0.5, 0.6) is 0 Å². The van der Waals surface area contributed by atoms with E-state index in [1.807, 2.05) is 0 Å². The summed E-state index contributed by atoms with van der Waals surface area (Å²) in [5.41, 5.74) is 5.36. The van der Waals surface area contributed by atoms with E-state index < -0.39 is 157 Å². The Morgan fingerprint density at radius 2 is 1.07 bits per heavy atom. The fourth-order valence-corrected chi connectivity index (χ4v) is 7.58. The van der Waals surface area contributed by atoms with Crippen LogP contribution in [0.25, 0.3) is 0 Å². The minimum absolute atomic E-state index is 0.0350. The summed E-state index contributed by atoms with van der Waals surface area (Å²) in [5.74, 6) is -13.5. The Kier molecular flexibility index (Phi) is 26.6. The lowest BCUT2D eigenvalue weighted by Crippen LogP contribution is -2.62. The van der Waals surface area contributed by atoms with Crippen LogP contribution in [0, 0.1) is 23.7 Å². The number of rotatable bonds is 30. The maximum atomic E-state index is 13.9. The molecule has 1 aliphatic carbocycles. The van der Waals surface area contributed by atoms with Gasteiger partial charge in [0.25, 0.3) is 0 Å². The van der Waals surface area contributed by atoms with Gasteiger partial charge in [-0.05, 0) is 50.4 Å². The maximum absolute atomic E-state index is 13.9. The highest BCUT2D eigenvalue weighted by Gasteiger charge is 2.37. The molecular formula is C45H76N10O15. The molecule has 1 rings (SSSR count). The van der Waals surface area contributed by atoms with Gasteiger partial charge in [0, 0.05) is 6.92 Å². The number of amides is 10. The maximum Gasteiger partial charge on any atom is 0.326 e. The molecule has 14 N–H and O–H groups in total. The van der Waals surface area contributed by atoms with Gasteiger partial charge in [-0.15, -0.1) is 0 Å². The topological polar surface area (TPSA) is 400 Å². The van der Waals surface area contributed by atoms with Gasteiger partial charge < -0.3 is 68.9 Å². The lowest BCUT2D eigenvalue weighted by atomic mass is 9.84. The third kappa shape index (κ3) is 22.4. The predicted octanol–water partition coefficient (Wildman–Crippen LogP) is -2.45. The van der Waals surface area contributed by atoms with E-state index in [1.165, 1.54) is 20.8 Å². The van der Waals surface area contributed by atoms with E-state index >= 15 is 0 Å². The highest BCUT2D eigenvalue weighted by Crippen LogP contribution is 2.27. The normalized spacial score (nSPS) is 17.0. The van der Waals surface area contributed by atoms with E-state index in [2.05, 4.69) is 47.9 Å². The van der Waals surface area contributed by atoms with Gasteiger partial charge in [0.05, 0.1) is 25.5 Å². The Balaban J connectivity index is 3.13. The van der Waals surface area contributed by atoms with Gasteiger partial charge in [0.15, 0.2) is 0 Å². The van der Waals surface area contributed by atoms with Crippen LogP contribution in [0.3, 0.4) is 0 Å². The van der Waals surface area contributed by atoms with Crippen molar-refractivity contribution in [3.63, 3.8) is 0 Å². The number of hydrogen-bond donors (Lipinski definition) is 13. The Labute approximate surface area is 407 Å². The smallest absolute Gasteiger partial charge is 0.326 e. The first-order valence-corrected chi connectivity index (χ1v) is 23.6. The van der Waals surface area contributed by atoms with Crippen molar-refractivity contribution in [1.29, 1.82) is 0 Å². The minimum Gasteiger partial charge on any atom is -0.481 e. The summed E-state index contributed by atoms with van der Waals surface area (Å²) in [6.45, 7) is 12.8. The van der Waals surface area contributed by atoms with Crippen molar-refractivity contribution in [3.8, 4) is 0 Å². The molecule has 396 valence electrons. The van der Waals surface area contributed by atoms with Crippen molar-refractivity contribution in [2.45, 2.75) is 181 Å². The first-order chi connectivity index (χ1) is 32.6. The third-order valence-electron chi connectivity index (χ3n) is 11.7. The van der Waals surface area contributed by atoms with Crippen molar-refractivity contribution >= 4 is 71.0 Å². The van der Waals surface area contributed by atoms with Gasteiger partial charge in [0.2, 0.25) is 59.1 Å². The molecule has 0 aromatic rings. The molecule has 0 spiro atoms. The van der Waals surface area contributed by atoms with E-state index in [4.69, 9.17) is 5.73 Å². The number of nitrogens with one attached hydrogen (secondary N) is 9. The first-order valence-electron chi connectivity index (χ1n) is 23.6. The van der Waals surface area contributed by atoms with E-state index in [0.717, 1.165) is 32.1 Å². The van der Waals surface area contributed by atoms with Gasteiger partial charge >= 0.3 is 11.9 Å². The Morgan fingerprint density at radius 3 is 1.56 bits per heavy atom. The van der Waals surface area contributed by atoms with Crippen LogP contribution < -0.4 is 53.6 Å². The second-order valence-electron chi connectivity index (χ2n) is 18.7. The van der Waals surface area contributed by atoms with Crippen molar-refractivity contribution in [3.05, 3.63) is 0 Å². The molecule has 0 radical (unpaired) electrons. The number of carboxylic acid groups (broad SMARTS) is 2. The molecule has 0 heterocycles. The van der Waals surface area contributed by atoms with E-state index in [1.54, 1.807) is 41.5 Å². The quantitative estimate of drug-likeness (QED) is 0.0356. The molecular weight excluding hydrogens is 921 g/mol. The summed E-state index contributed by atoms with van der Waals surface area (Å²) in [6.07, 6.45) is 2.17. The van der Waals surface area contributed by atoms with Crippen LogP contribution in [0.15, 0.2) is 0 Å². The molecule has 0 saturated heterocycles. The van der Waals surface area contributed by atoms with E-state index in [0.29, 0.717) is 6.42 Å². The second kappa shape index (κ2) is 30.3. The lowest BCUT2D eigenvalue weighted by molar-refractivity contribution is -0.144. The van der Waals surface area contributed by atoms with Crippen molar-refractivity contribution < 1.29 is 72.9 Å². The highest BCUT2D eigenvalue weighted by atomic mass is 16.4. The number of aliphatic hydroxyl groups is 1. The van der Waals surface area contributed by atoms with Crippen molar-refractivity contribution in [2.75, 3.05) is 6.54 Å². The largest absolute Gasteiger partial charge is 0.481 e. The lowest BCUT2D eigenvalue weighted by Gasteiger charge is -2.30. The van der Waals surface area contributed by atoms with Gasteiger partial charge in [0.1, 0.15) is 48.3 Å². The van der Waals surface area contributed by atoms with Crippen LogP contribution in [0.1, 0.15) is 127 Å². The van der Waals surface area contributed by atoms with Crippen molar-refractivity contribution in [2.24, 2.45) is 29.4 Å². The molecule has 25 heteroatoms. The Bertz CT molecular complexity index is 1870. The van der Waals surface area contributed by atoms with Gasteiger partial charge in [-0.2, -0.15) is 0 Å². The summed E-state index contributed by atoms with van der Waals surface area (Å²) < 4.78 is 0. The Morgan fingerprint density at radius 1 is 0.571 bits per heavy atom. The number of carbonyl (C=O) groups excluding carboxylic acids is 10. The van der Waals surface area contributed by atoms with Crippen LogP contribution in [-0.4, -0.2) is 147 Å². The number of carboxylic acids is 2. The monoisotopic (exact) mass is 997 g/mol. The molecule has 1 aliphatic rings. The number of carbonyl (C=O) groups is 12. The van der Waals surface area contributed by atoms with Gasteiger partial charge in [-0.25, -0.2) is 4.79 Å². The molecule has 1 saturated carbocycles. The van der Waals surface area contributed by atoms with Crippen LogP contribution >= 0.6 is 0 Å². The summed E-state index contributed by atoms with van der Waals surface area (Å²) in [5, 5.41) is 51.0. The molecule has 0 bridgehead atoms. The van der Waals surface area contributed by atoms with Crippen LogP contribution in [0.2, 0.25) is 0 Å². The molecule has 25 nitrogen and oxygen atoms in total. The van der Waals surface area contributed by atoms with Crippen LogP contribution in [-0.2, 0) is 57.5 Å². The zero-order valence-electron chi connectivity index (χ0n) is 41.6. The minimum atomic E-state index is -1.87. The summed E-state index contributed by atoms with van der Waals surface area (Å²) in [6, 6.07) is -11.7. The second-order valence-corrected chi connectivity index (χ2v) is 18.7. The molecule has 0 aromatic carbocycles. The van der Waals surface area contributed by atoms with Gasteiger partial charge in [-0.1, -0.05) is 80.1 Å². The summed E-state index contributed by atoms with van der Waals surface area (Å²) in [4.78, 5) is 154. The number of aliphatic carboxylic acids is 2. The summed E-state index contributed by atoms with van der Waals surface area (Å²) >= 11 is 0. The Hall–Kier alpha value is -6.40. The standard InChI is InChI=1S/C45H76N10O15/c1-10-23(6)36(43(67)51-29(18-32(46)58)40(64)50-30(19-34(60)61)41(65)52-31(45(69)70)16-21(2)3)55-42(66)35(22(4)5)54-44(68)37(25(8)56)53-33(59)20-47-38(62)24(7)48-39(63)28(49-26(9)57)17-27-14-12-11-13-15-27/h21-25,27-31,35-37,56H,10-20H2,1-9H3,(H2,46,58)(H,47,62)(H,48,63)(H,49,57)(H,50,64)(H,51,67)(H,52,65)(H,53,59)(H,54,68)(H,55,66)(H,60,61)(H,69,70)/t23-,24+,25-,28+,29+,30+,31+,35+,36+,37+/m1/s1. The van der Waals surface area contributed by atoms with E-state index in [9.17, 15) is 72.9 Å². The first kappa shape index (κ1) is 61.6. The molecule has 0 unspecified atom stereocenters. The van der Waals surface area contributed by atoms with E-state index in [-0.39, 0.29) is 24.7 Å².